The van der Waals surface area contributed by atoms with Gasteiger partial charge in [0.1, 0.15) is 11.4 Å². The van der Waals surface area contributed by atoms with Crippen LogP contribution in [0.5, 0.6) is 0 Å². The lowest BCUT2D eigenvalue weighted by Crippen LogP contribution is -2.44. The van der Waals surface area contributed by atoms with Gasteiger partial charge in [-0.3, -0.25) is 4.65 Å². The highest BCUT2D eigenvalue weighted by atomic mass is 16.5. The molecule has 0 spiro atoms. The van der Waals surface area contributed by atoms with Gasteiger partial charge >= 0.3 is 0 Å². The Kier molecular flexibility index (Phi) is 3.74. The van der Waals surface area contributed by atoms with E-state index in [1.165, 1.54) is 0 Å². The van der Waals surface area contributed by atoms with Crippen molar-refractivity contribution in [3.63, 3.8) is 0 Å². The fraction of sp³-hybridized carbons (Fsp3) is 0.294. The van der Waals surface area contributed by atoms with Gasteiger partial charge in [0.05, 0.1) is 6.54 Å². The first kappa shape index (κ1) is 13.8. The molecule has 2 heteroatoms. The predicted octanol–water partition coefficient (Wildman–Crippen LogP) is 4.87. The van der Waals surface area contributed by atoms with Gasteiger partial charge in [-0.1, -0.05) is 57.2 Å². The van der Waals surface area contributed by atoms with Crippen LogP contribution in [0, 0.1) is 10.6 Å². The zero-order valence-electron chi connectivity index (χ0n) is 11.8. The maximum atomic E-state index is 13.5. The summed E-state index contributed by atoms with van der Waals surface area (Å²) < 4.78 is -0.412. The number of hydrogen-bond acceptors (Lipinski definition) is 1. The molecule has 2 aromatic carbocycles. The average Bonchev–Trinajstić information content (AvgIpc) is 2.39. The van der Waals surface area contributed by atoms with E-state index >= 15 is 0 Å². The van der Waals surface area contributed by atoms with Crippen molar-refractivity contribution in [1.82, 2.24) is 4.65 Å². The minimum absolute atomic E-state index is 0.0482. The number of para-hydroxylation sites is 2. The predicted molar refractivity (Wildman–Crippen MR) is 82.0 cm³/mol. The van der Waals surface area contributed by atoms with E-state index in [1.54, 1.807) is 0 Å². The second kappa shape index (κ2) is 5.16. The average molecular weight is 255 g/mol. The summed E-state index contributed by atoms with van der Waals surface area (Å²) in [6, 6.07) is 19.2. The van der Waals surface area contributed by atoms with Crippen molar-refractivity contribution < 1.29 is 0 Å². The van der Waals surface area contributed by atoms with Gasteiger partial charge in [-0.05, 0) is 24.3 Å². The van der Waals surface area contributed by atoms with Crippen LogP contribution < -0.4 is 4.65 Å². The number of hydroxylamine groups is 1. The molecule has 0 fully saturated rings. The van der Waals surface area contributed by atoms with Crippen molar-refractivity contribution in [3.05, 3.63) is 65.9 Å². The fourth-order valence-corrected chi connectivity index (χ4v) is 2.34. The van der Waals surface area contributed by atoms with Gasteiger partial charge in [-0.25, -0.2) is 0 Å². The normalized spacial score (nSPS) is 12.4. The summed E-state index contributed by atoms with van der Waals surface area (Å²) in [5, 5.41) is 13.5. The van der Waals surface area contributed by atoms with Crippen LogP contribution in [-0.2, 0) is 0 Å². The molecule has 0 heterocycles. The third-order valence-corrected chi connectivity index (χ3v) is 3.04. The topological polar surface area (TPSA) is 23.1 Å². The van der Waals surface area contributed by atoms with Crippen LogP contribution in [0.1, 0.15) is 20.8 Å². The van der Waals surface area contributed by atoms with Gasteiger partial charge in [-0.15, -0.1) is 0 Å². The molecule has 0 N–H and O–H groups in total. The van der Waals surface area contributed by atoms with Crippen LogP contribution in [0.4, 0.5) is 11.4 Å². The Hall–Kier alpha value is -1.64. The molecule has 0 saturated carbocycles. The Morgan fingerprint density at radius 3 is 1.47 bits per heavy atom. The lowest BCUT2D eigenvalue weighted by Gasteiger charge is -2.45. The van der Waals surface area contributed by atoms with Crippen LogP contribution >= 0.6 is 0 Å². The highest BCUT2D eigenvalue weighted by Gasteiger charge is 2.29. The molecule has 0 atom stereocenters. The number of hydrogen-bond donors (Lipinski definition) is 0. The Morgan fingerprint density at radius 1 is 0.789 bits per heavy atom. The SMILES string of the molecule is CC(C)(C)C[N+]([O-])(c1ccccc1)c1ccccc1. The zero-order chi connectivity index (χ0) is 13.9. The third kappa shape index (κ3) is 3.22. The monoisotopic (exact) mass is 255 g/mol. The molecule has 0 aliphatic heterocycles. The Bertz CT molecular complexity index is 474. The van der Waals surface area contributed by atoms with Gasteiger partial charge in [-0.2, -0.15) is 0 Å². The quantitative estimate of drug-likeness (QED) is 0.567. The lowest BCUT2D eigenvalue weighted by atomic mass is 9.95. The molecule has 19 heavy (non-hydrogen) atoms. The van der Waals surface area contributed by atoms with E-state index in [1.807, 2.05) is 60.7 Å². The summed E-state index contributed by atoms with van der Waals surface area (Å²) in [5.41, 5.74) is 1.51. The van der Waals surface area contributed by atoms with Gasteiger partial charge in [0.2, 0.25) is 0 Å². The molecule has 100 valence electrons. The van der Waals surface area contributed by atoms with Crippen molar-refractivity contribution in [1.29, 1.82) is 0 Å². The van der Waals surface area contributed by atoms with E-state index < -0.39 is 4.65 Å². The van der Waals surface area contributed by atoms with E-state index in [0.29, 0.717) is 6.54 Å². The first-order valence-electron chi connectivity index (χ1n) is 6.62. The molecule has 2 rings (SSSR count). The number of rotatable bonds is 3. The third-order valence-electron chi connectivity index (χ3n) is 3.04. The van der Waals surface area contributed by atoms with Crippen LogP contribution in [0.2, 0.25) is 0 Å². The van der Waals surface area contributed by atoms with E-state index in [2.05, 4.69) is 20.8 Å². The number of quaternary nitrogens is 1. The molecule has 0 bridgehead atoms. The van der Waals surface area contributed by atoms with Crippen molar-refractivity contribution in [2.24, 2.45) is 5.41 Å². The molecule has 0 unspecified atom stereocenters. The summed E-state index contributed by atoms with van der Waals surface area (Å²) in [7, 11) is 0. The molecule has 0 aromatic heterocycles. The fourth-order valence-electron chi connectivity index (χ4n) is 2.34. The van der Waals surface area contributed by atoms with Gasteiger partial charge in [0, 0.05) is 5.41 Å². The highest BCUT2D eigenvalue weighted by Crippen LogP contribution is 2.36. The van der Waals surface area contributed by atoms with Crippen LogP contribution in [-0.4, -0.2) is 6.54 Å². The molecule has 0 saturated heterocycles. The molecule has 0 aliphatic rings. The Morgan fingerprint density at radius 2 is 1.16 bits per heavy atom. The molecule has 0 aliphatic carbocycles. The first-order valence-corrected chi connectivity index (χ1v) is 6.62. The molecule has 2 nitrogen and oxygen atoms in total. The molecule has 2 aromatic rings. The van der Waals surface area contributed by atoms with Gasteiger partial charge < -0.3 is 5.21 Å². The standard InChI is InChI=1S/C17H21NO/c1-17(2,3)14-18(19,15-10-6-4-7-11-15)16-12-8-5-9-13-16/h4-13H,14H2,1-3H3. The number of nitrogens with zero attached hydrogens (tertiary/aromatic N) is 1. The Labute approximate surface area is 115 Å². The second-order valence-corrected chi connectivity index (χ2v) is 6.13. The maximum Gasteiger partial charge on any atom is 0.137 e. The lowest BCUT2D eigenvalue weighted by molar-refractivity contribution is 0.310. The first-order chi connectivity index (χ1) is 8.92. The molecular weight excluding hydrogens is 234 g/mol. The summed E-state index contributed by atoms with van der Waals surface area (Å²) in [5.74, 6) is 0. The largest absolute Gasteiger partial charge is 0.622 e. The van der Waals surface area contributed by atoms with E-state index in [-0.39, 0.29) is 5.41 Å². The second-order valence-electron chi connectivity index (χ2n) is 6.13. The van der Waals surface area contributed by atoms with Crippen LogP contribution in [0.15, 0.2) is 60.7 Å². The molecule has 0 radical (unpaired) electrons. The maximum absolute atomic E-state index is 13.5. The molecule has 0 amide bonds. The van der Waals surface area contributed by atoms with E-state index in [9.17, 15) is 5.21 Å². The van der Waals surface area contributed by atoms with Crippen LogP contribution in [0.25, 0.3) is 0 Å². The van der Waals surface area contributed by atoms with Gasteiger partial charge in [0.15, 0.2) is 0 Å². The highest BCUT2D eigenvalue weighted by molar-refractivity contribution is 5.59. The summed E-state index contributed by atoms with van der Waals surface area (Å²) in [6.07, 6.45) is 0. The summed E-state index contributed by atoms with van der Waals surface area (Å²) in [6.45, 7) is 6.82. The zero-order valence-corrected chi connectivity index (χ0v) is 11.8. The van der Waals surface area contributed by atoms with E-state index in [0.717, 1.165) is 11.4 Å². The summed E-state index contributed by atoms with van der Waals surface area (Å²) >= 11 is 0. The molecular formula is C17H21NO. The minimum atomic E-state index is -0.412. The summed E-state index contributed by atoms with van der Waals surface area (Å²) in [4.78, 5) is 0. The van der Waals surface area contributed by atoms with Crippen molar-refractivity contribution in [2.45, 2.75) is 20.8 Å². The van der Waals surface area contributed by atoms with Crippen molar-refractivity contribution >= 4 is 11.4 Å². The van der Waals surface area contributed by atoms with Crippen molar-refractivity contribution in [3.8, 4) is 0 Å². The smallest absolute Gasteiger partial charge is 0.137 e. The van der Waals surface area contributed by atoms with Gasteiger partial charge in [0.25, 0.3) is 0 Å². The Balaban J connectivity index is 2.51. The minimum Gasteiger partial charge on any atom is -0.622 e. The van der Waals surface area contributed by atoms with Crippen LogP contribution in [0.3, 0.4) is 0 Å². The van der Waals surface area contributed by atoms with Crippen molar-refractivity contribution in [2.75, 3.05) is 6.54 Å². The van der Waals surface area contributed by atoms with E-state index in [4.69, 9.17) is 0 Å². The number of benzene rings is 2.